The van der Waals surface area contributed by atoms with Crippen molar-refractivity contribution >= 4 is 6.21 Å². The van der Waals surface area contributed by atoms with Crippen molar-refractivity contribution in [1.82, 2.24) is 4.90 Å². The van der Waals surface area contributed by atoms with Gasteiger partial charge in [-0.05, 0) is 12.6 Å². The summed E-state index contributed by atoms with van der Waals surface area (Å²) in [5.41, 5.74) is 2.90. The van der Waals surface area contributed by atoms with E-state index < -0.39 is 0 Å². The van der Waals surface area contributed by atoms with E-state index in [1.165, 1.54) is 17.8 Å². The maximum Gasteiger partial charge on any atom is 0.0421 e. The zero-order valence-corrected chi connectivity index (χ0v) is 6.30. The monoisotopic (exact) mass is 136 g/mol. The standard InChI is InChI=1S/C8H12N2/c1-10-5-3-8-7(6-10)2-4-9-8/h4H,2-3,5-6H2,1H3. The molecule has 0 spiro atoms. The number of hydrogen-bond donors (Lipinski definition) is 0. The van der Waals surface area contributed by atoms with Crippen LogP contribution in [-0.2, 0) is 0 Å². The van der Waals surface area contributed by atoms with Crippen LogP contribution < -0.4 is 0 Å². The first-order valence-electron chi connectivity index (χ1n) is 3.78. The Morgan fingerprint density at radius 1 is 1.60 bits per heavy atom. The van der Waals surface area contributed by atoms with Gasteiger partial charge in [0, 0.05) is 37.8 Å². The summed E-state index contributed by atoms with van der Waals surface area (Å²) in [4.78, 5) is 6.67. The summed E-state index contributed by atoms with van der Waals surface area (Å²) >= 11 is 0. The number of nitrogens with zero attached hydrogens (tertiary/aromatic N) is 2. The van der Waals surface area contributed by atoms with Crippen LogP contribution in [0.1, 0.15) is 12.8 Å². The third-order valence-corrected chi connectivity index (χ3v) is 2.18. The Balaban J connectivity index is 2.18. The third-order valence-electron chi connectivity index (χ3n) is 2.18. The molecule has 2 aliphatic heterocycles. The lowest BCUT2D eigenvalue weighted by molar-refractivity contribution is 0.347. The Labute approximate surface area is 61.2 Å². The van der Waals surface area contributed by atoms with E-state index in [2.05, 4.69) is 16.9 Å². The van der Waals surface area contributed by atoms with Crippen LogP contribution in [0.4, 0.5) is 0 Å². The number of likely N-dealkylation sites (N-methyl/N-ethyl adjacent to an activating group) is 1. The van der Waals surface area contributed by atoms with Gasteiger partial charge in [-0.15, -0.1) is 0 Å². The second-order valence-corrected chi connectivity index (χ2v) is 3.05. The van der Waals surface area contributed by atoms with Crippen LogP contribution in [0.25, 0.3) is 0 Å². The van der Waals surface area contributed by atoms with E-state index in [9.17, 15) is 0 Å². The van der Waals surface area contributed by atoms with Crippen molar-refractivity contribution in [1.29, 1.82) is 0 Å². The first-order chi connectivity index (χ1) is 4.86. The van der Waals surface area contributed by atoms with E-state index in [0.717, 1.165) is 19.4 Å². The quantitative estimate of drug-likeness (QED) is 0.486. The Morgan fingerprint density at radius 3 is 3.40 bits per heavy atom. The van der Waals surface area contributed by atoms with Crippen molar-refractivity contribution in [2.24, 2.45) is 4.99 Å². The van der Waals surface area contributed by atoms with E-state index in [-0.39, 0.29) is 0 Å². The first-order valence-corrected chi connectivity index (χ1v) is 3.78. The summed E-state index contributed by atoms with van der Waals surface area (Å²) < 4.78 is 0. The van der Waals surface area contributed by atoms with E-state index in [0.29, 0.717) is 0 Å². The Bertz CT molecular complexity index is 203. The number of rotatable bonds is 0. The van der Waals surface area contributed by atoms with Gasteiger partial charge in [0.05, 0.1) is 0 Å². The van der Waals surface area contributed by atoms with Crippen molar-refractivity contribution in [3.8, 4) is 0 Å². The van der Waals surface area contributed by atoms with Gasteiger partial charge in [-0.25, -0.2) is 0 Å². The van der Waals surface area contributed by atoms with Gasteiger partial charge in [0.2, 0.25) is 0 Å². The second-order valence-electron chi connectivity index (χ2n) is 3.05. The fourth-order valence-corrected chi connectivity index (χ4v) is 1.57. The average molecular weight is 136 g/mol. The van der Waals surface area contributed by atoms with Gasteiger partial charge < -0.3 is 4.90 Å². The molecule has 0 aromatic heterocycles. The molecule has 10 heavy (non-hydrogen) atoms. The smallest absolute Gasteiger partial charge is 0.0421 e. The summed E-state index contributed by atoms with van der Waals surface area (Å²) in [6.45, 7) is 2.31. The van der Waals surface area contributed by atoms with Crippen LogP contribution in [0.2, 0.25) is 0 Å². The summed E-state index contributed by atoms with van der Waals surface area (Å²) in [5.74, 6) is 0. The van der Waals surface area contributed by atoms with Gasteiger partial charge in [0.25, 0.3) is 0 Å². The van der Waals surface area contributed by atoms with Gasteiger partial charge in [-0.3, -0.25) is 4.99 Å². The lowest BCUT2D eigenvalue weighted by Gasteiger charge is -2.22. The van der Waals surface area contributed by atoms with Gasteiger partial charge in [-0.1, -0.05) is 0 Å². The fourth-order valence-electron chi connectivity index (χ4n) is 1.57. The lowest BCUT2D eigenvalue weighted by atomic mass is 10.1. The molecule has 54 valence electrons. The molecule has 0 saturated heterocycles. The molecule has 2 rings (SSSR count). The maximum absolute atomic E-state index is 4.32. The van der Waals surface area contributed by atoms with Crippen molar-refractivity contribution in [2.45, 2.75) is 12.8 Å². The molecule has 2 heterocycles. The largest absolute Gasteiger partial charge is 0.302 e. The SMILES string of the molecule is CN1CCC2=C(CC=N2)C1. The number of aliphatic imine (C=N–C) groups is 1. The minimum Gasteiger partial charge on any atom is -0.302 e. The van der Waals surface area contributed by atoms with Crippen molar-refractivity contribution in [3.63, 3.8) is 0 Å². The van der Waals surface area contributed by atoms with E-state index >= 15 is 0 Å². The molecular weight excluding hydrogens is 124 g/mol. The zero-order chi connectivity index (χ0) is 6.97. The minimum absolute atomic E-state index is 1.10. The average Bonchev–Trinajstić information content (AvgIpc) is 2.33. The molecule has 2 aliphatic rings. The van der Waals surface area contributed by atoms with Crippen LogP contribution in [-0.4, -0.2) is 31.3 Å². The molecule has 0 aliphatic carbocycles. The van der Waals surface area contributed by atoms with Crippen LogP contribution in [0.5, 0.6) is 0 Å². The fraction of sp³-hybridized carbons (Fsp3) is 0.625. The van der Waals surface area contributed by atoms with Crippen molar-refractivity contribution in [2.75, 3.05) is 20.1 Å². The van der Waals surface area contributed by atoms with E-state index in [4.69, 9.17) is 0 Å². The number of hydrogen-bond acceptors (Lipinski definition) is 2. The lowest BCUT2D eigenvalue weighted by Crippen LogP contribution is -2.26. The van der Waals surface area contributed by atoms with Crippen LogP contribution in [0.15, 0.2) is 16.3 Å². The molecule has 0 N–H and O–H groups in total. The molecule has 0 amide bonds. The normalized spacial score (nSPS) is 25.7. The van der Waals surface area contributed by atoms with Crippen LogP contribution in [0.3, 0.4) is 0 Å². The molecule has 0 bridgehead atoms. The maximum atomic E-state index is 4.32. The van der Waals surface area contributed by atoms with E-state index in [1.54, 1.807) is 0 Å². The van der Waals surface area contributed by atoms with Crippen LogP contribution >= 0.6 is 0 Å². The van der Waals surface area contributed by atoms with Gasteiger partial charge in [0.15, 0.2) is 0 Å². The zero-order valence-electron chi connectivity index (χ0n) is 6.30. The highest BCUT2D eigenvalue weighted by Gasteiger charge is 2.17. The van der Waals surface area contributed by atoms with E-state index in [1.807, 2.05) is 6.21 Å². The minimum atomic E-state index is 1.10. The van der Waals surface area contributed by atoms with Gasteiger partial charge >= 0.3 is 0 Å². The molecule has 0 aromatic carbocycles. The van der Waals surface area contributed by atoms with Crippen molar-refractivity contribution < 1.29 is 0 Å². The molecule has 2 heteroatoms. The predicted molar refractivity (Wildman–Crippen MR) is 42.2 cm³/mol. The highest BCUT2D eigenvalue weighted by atomic mass is 15.1. The first kappa shape index (κ1) is 6.10. The summed E-state index contributed by atoms with van der Waals surface area (Å²) in [6.07, 6.45) is 4.28. The predicted octanol–water partition coefficient (Wildman–Crippen LogP) is 1.05. The molecule has 0 atom stereocenters. The van der Waals surface area contributed by atoms with Crippen molar-refractivity contribution in [3.05, 3.63) is 11.3 Å². The van der Waals surface area contributed by atoms with Crippen LogP contribution in [0, 0.1) is 0 Å². The summed E-state index contributed by atoms with van der Waals surface area (Å²) in [6, 6.07) is 0. The Morgan fingerprint density at radius 2 is 2.50 bits per heavy atom. The molecule has 2 nitrogen and oxygen atoms in total. The molecule has 0 aromatic rings. The Kier molecular flexibility index (Phi) is 1.34. The third kappa shape index (κ3) is 0.886. The summed E-state index contributed by atoms with van der Waals surface area (Å²) in [5, 5.41) is 0. The van der Waals surface area contributed by atoms with Gasteiger partial charge in [-0.2, -0.15) is 0 Å². The highest BCUT2D eigenvalue weighted by Crippen LogP contribution is 2.23. The molecule has 0 saturated carbocycles. The molecule has 0 radical (unpaired) electrons. The molecular formula is C8H12N2. The van der Waals surface area contributed by atoms with Gasteiger partial charge in [0.1, 0.15) is 0 Å². The molecule has 0 unspecified atom stereocenters. The Hall–Kier alpha value is -0.630. The highest BCUT2D eigenvalue weighted by molar-refractivity contribution is 5.67. The molecule has 0 fully saturated rings. The second kappa shape index (κ2) is 2.20. The summed E-state index contributed by atoms with van der Waals surface area (Å²) in [7, 11) is 2.17. The topological polar surface area (TPSA) is 15.6 Å².